The molecule has 0 heterocycles. The fourth-order valence-corrected chi connectivity index (χ4v) is 6.60. The number of amides is 2. The van der Waals surface area contributed by atoms with E-state index in [2.05, 4.69) is 5.32 Å². The summed E-state index contributed by atoms with van der Waals surface area (Å²) in [5.41, 5.74) is 2.97. The summed E-state index contributed by atoms with van der Waals surface area (Å²) < 4.78 is 40.4. The molecule has 248 valence electrons. The number of carbonyl (C=O) groups is 2. The third-order valence-electron chi connectivity index (χ3n) is 7.82. The van der Waals surface area contributed by atoms with Crippen LogP contribution in [-0.4, -0.2) is 58.5 Å². The van der Waals surface area contributed by atoms with Gasteiger partial charge in [0.05, 0.1) is 24.8 Å². The van der Waals surface area contributed by atoms with Crippen LogP contribution >= 0.6 is 0 Å². The molecule has 0 unspecified atom stereocenters. The largest absolute Gasteiger partial charge is 0.493 e. The fraction of sp³-hybridized carbons (Fsp3) is 0.297. The average molecular weight is 658 g/mol. The number of carbonyl (C=O) groups excluding carboxylic acids is 2. The Balaban J connectivity index is 1.81. The van der Waals surface area contributed by atoms with Gasteiger partial charge in [0.2, 0.25) is 11.8 Å². The minimum Gasteiger partial charge on any atom is -0.493 e. The molecule has 0 aliphatic rings. The molecule has 4 aromatic carbocycles. The van der Waals surface area contributed by atoms with Gasteiger partial charge in [0.15, 0.2) is 11.5 Å². The Morgan fingerprint density at radius 1 is 0.809 bits per heavy atom. The molecule has 10 heteroatoms. The van der Waals surface area contributed by atoms with Crippen LogP contribution in [0.15, 0.2) is 108 Å². The van der Waals surface area contributed by atoms with Gasteiger partial charge in [-0.15, -0.1) is 0 Å². The van der Waals surface area contributed by atoms with Gasteiger partial charge in [0.1, 0.15) is 12.6 Å². The highest BCUT2D eigenvalue weighted by Gasteiger charge is 2.35. The van der Waals surface area contributed by atoms with Crippen molar-refractivity contribution in [2.45, 2.75) is 44.7 Å². The van der Waals surface area contributed by atoms with Crippen LogP contribution in [0.3, 0.4) is 0 Å². The molecule has 0 saturated heterocycles. The molecule has 47 heavy (non-hydrogen) atoms. The molecule has 0 aliphatic heterocycles. The smallest absolute Gasteiger partial charge is 0.264 e. The Morgan fingerprint density at radius 2 is 1.43 bits per heavy atom. The summed E-state index contributed by atoms with van der Waals surface area (Å²) in [5.74, 6) is -0.0365. The minimum atomic E-state index is -4.30. The molecule has 1 N–H and O–H groups in total. The van der Waals surface area contributed by atoms with Crippen LogP contribution < -0.4 is 19.1 Å². The lowest BCUT2D eigenvalue weighted by Gasteiger charge is -2.34. The lowest BCUT2D eigenvalue weighted by Crippen LogP contribution is -2.53. The van der Waals surface area contributed by atoms with Gasteiger partial charge in [-0.2, -0.15) is 0 Å². The van der Waals surface area contributed by atoms with Gasteiger partial charge in [-0.1, -0.05) is 86.6 Å². The van der Waals surface area contributed by atoms with E-state index in [4.69, 9.17) is 9.47 Å². The van der Waals surface area contributed by atoms with Gasteiger partial charge in [-0.3, -0.25) is 13.9 Å². The first-order chi connectivity index (χ1) is 22.5. The lowest BCUT2D eigenvalue weighted by atomic mass is 10.0. The molecule has 0 bridgehead atoms. The van der Waals surface area contributed by atoms with Gasteiger partial charge in [0.25, 0.3) is 10.0 Å². The van der Waals surface area contributed by atoms with Crippen molar-refractivity contribution < 1.29 is 27.5 Å². The Hall–Kier alpha value is -4.83. The monoisotopic (exact) mass is 657 g/mol. The number of aryl methyl sites for hydroxylation is 1. The molecule has 9 nitrogen and oxygen atoms in total. The van der Waals surface area contributed by atoms with E-state index < -0.39 is 28.5 Å². The SMILES string of the molecule is COc1ccc(S(=O)(=O)N(CC(=O)N(Cc2ccccc2C)[C@@H](Cc2ccccc2)C(=O)NCC(C)C)c2ccccc2)cc1OC. The normalized spacial score (nSPS) is 11.9. The van der Waals surface area contributed by atoms with Crippen molar-refractivity contribution in [3.8, 4) is 11.5 Å². The van der Waals surface area contributed by atoms with Crippen molar-refractivity contribution >= 4 is 27.5 Å². The second-order valence-corrected chi connectivity index (χ2v) is 13.5. The van der Waals surface area contributed by atoms with Crippen molar-refractivity contribution in [3.63, 3.8) is 0 Å². The molecule has 0 saturated carbocycles. The predicted octanol–water partition coefficient (Wildman–Crippen LogP) is 5.62. The zero-order valence-electron chi connectivity index (χ0n) is 27.6. The van der Waals surface area contributed by atoms with E-state index in [9.17, 15) is 18.0 Å². The Bertz CT molecular complexity index is 1750. The zero-order valence-corrected chi connectivity index (χ0v) is 28.4. The van der Waals surface area contributed by atoms with Crippen LogP contribution in [0, 0.1) is 12.8 Å². The van der Waals surface area contributed by atoms with E-state index in [-0.39, 0.29) is 35.4 Å². The molecule has 2 amide bonds. The first-order valence-electron chi connectivity index (χ1n) is 15.5. The summed E-state index contributed by atoms with van der Waals surface area (Å²) in [6.45, 7) is 5.94. The van der Waals surface area contributed by atoms with Crippen LogP contribution in [0.1, 0.15) is 30.5 Å². The molecule has 0 radical (unpaired) electrons. The van der Waals surface area contributed by atoms with Crippen LogP contribution in [0.4, 0.5) is 5.69 Å². The first-order valence-corrected chi connectivity index (χ1v) is 16.9. The van der Waals surface area contributed by atoms with Crippen molar-refractivity contribution in [2.75, 3.05) is 31.6 Å². The maximum atomic E-state index is 14.6. The van der Waals surface area contributed by atoms with E-state index in [1.165, 1.54) is 37.3 Å². The van der Waals surface area contributed by atoms with E-state index in [1.54, 1.807) is 30.3 Å². The third kappa shape index (κ3) is 8.92. The van der Waals surface area contributed by atoms with Crippen molar-refractivity contribution in [1.82, 2.24) is 10.2 Å². The first kappa shape index (κ1) is 35.0. The topological polar surface area (TPSA) is 105 Å². The number of nitrogens with one attached hydrogen (secondary N) is 1. The summed E-state index contributed by atoms with van der Waals surface area (Å²) in [5, 5.41) is 3.01. The van der Waals surface area contributed by atoms with Gasteiger partial charge < -0.3 is 19.7 Å². The maximum absolute atomic E-state index is 14.6. The minimum absolute atomic E-state index is 0.0761. The molecular weight excluding hydrogens is 614 g/mol. The molecule has 1 atom stereocenters. The quantitative estimate of drug-likeness (QED) is 0.178. The number of sulfonamides is 1. The van der Waals surface area contributed by atoms with E-state index in [0.717, 1.165) is 21.0 Å². The average Bonchev–Trinajstić information content (AvgIpc) is 3.08. The summed E-state index contributed by atoms with van der Waals surface area (Å²) in [6.07, 6.45) is 0.246. The summed E-state index contributed by atoms with van der Waals surface area (Å²) >= 11 is 0. The van der Waals surface area contributed by atoms with E-state index in [0.29, 0.717) is 18.0 Å². The number of hydrogen-bond acceptors (Lipinski definition) is 6. The summed E-state index contributed by atoms with van der Waals surface area (Å²) in [7, 11) is -1.41. The molecular formula is C37H43N3O6S. The van der Waals surface area contributed by atoms with E-state index in [1.807, 2.05) is 75.4 Å². The van der Waals surface area contributed by atoms with Gasteiger partial charge in [-0.05, 0) is 53.8 Å². The number of ether oxygens (including phenoxy) is 2. The maximum Gasteiger partial charge on any atom is 0.264 e. The Labute approximate surface area is 278 Å². The van der Waals surface area contributed by atoms with Crippen LogP contribution in [0.25, 0.3) is 0 Å². The van der Waals surface area contributed by atoms with Crippen molar-refractivity contribution in [2.24, 2.45) is 5.92 Å². The third-order valence-corrected chi connectivity index (χ3v) is 9.59. The molecule has 0 spiro atoms. The number of rotatable bonds is 15. The van der Waals surface area contributed by atoms with Crippen molar-refractivity contribution in [1.29, 1.82) is 0 Å². The number of anilines is 1. The lowest BCUT2D eigenvalue weighted by molar-refractivity contribution is -0.140. The molecule has 4 aromatic rings. The number of methoxy groups -OCH3 is 2. The fourth-order valence-electron chi connectivity index (χ4n) is 5.17. The van der Waals surface area contributed by atoms with Crippen LogP contribution in [0.5, 0.6) is 11.5 Å². The number of nitrogens with zero attached hydrogens (tertiary/aromatic N) is 2. The molecule has 0 aromatic heterocycles. The second-order valence-electron chi connectivity index (χ2n) is 11.7. The number of hydrogen-bond donors (Lipinski definition) is 1. The Morgan fingerprint density at radius 3 is 2.04 bits per heavy atom. The summed E-state index contributed by atoms with van der Waals surface area (Å²) in [4.78, 5) is 30.0. The van der Waals surface area contributed by atoms with Gasteiger partial charge in [-0.25, -0.2) is 8.42 Å². The van der Waals surface area contributed by atoms with Gasteiger partial charge in [0, 0.05) is 25.6 Å². The highest BCUT2D eigenvalue weighted by molar-refractivity contribution is 7.92. The zero-order chi connectivity index (χ0) is 34.0. The molecule has 0 fully saturated rings. The highest BCUT2D eigenvalue weighted by atomic mass is 32.2. The standard InChI is InChI=1S/C37H43N3O6S/c1-27(2)24-38-37(42)33(22-29-15-8-6-9-16-29)39(25-30-17-13-12-14-28(30)3)36(41)26-40(31-18-10-7-11-19-31)47(43,44)32-20-21-34(45-4)35(23-32)46-5/h6-21,23,27,33H,22,24-26H2,1-5H3,(H,38,42)/t33-/m0/s1. The van der Waals surface area contributed by atoms with Crippen molar-refractivity contribution in [3.05, 3.63) is 120 Å². The number of para-hydroxylation sites is 1. The second kappa shape index (κ2) is 16.1. The van der Waals surface area contributed by atoms with Gasteiger partial charge >= 0.3 is 0 Å². The summed E-state index contributed by atoms with van der Waals surface area (Å²) in [6, 6.07) is 29.0. The highest BCUT2D eigenvalue weighted by Crippen LogP contribution is 2.32. The predicted molar refractivity (Wildman–Crippen MR) is 184 cm³/mol. The van der Waals surface area contributed by atoms with Crippen LogP contribution in [0.2, 0.25) is 0 Å². The molecule has 0 aliphatic carbocycles. The van der Waals surface area contributed by atoms with Crippen LogP contribution in [-0.2, 0) is 32.6 Å². The number of benzene rings is 4. The molecule has 4 rings (SSSR count). The van der Waals surface area contributed by atoms with E-state index >= 15 is 0 Å². The Kier molecular flexibility index (Phi) is 12.0.